The number of rotatable bonds is 6. The van der Waals surface area contributed by atoms with Crippen LogP contribution in [0.5, 0.6) is 11.5 Å². The maximum atomic E-state index is 11.2. The fourth-order valence-electron chi connectivity index (χ4n) is 5.30. The predicted octanol–water partition coefficient (Wildman–Crippen LogP) is 6.12. The molecule has 2 heterocycles. The number of nitrogens with one attached hydrogen (secondary N) is 1. The molecule has 0 fully saturated rings. The summed E-state index contributed by atoms with van der Waals surface area (Å²) in [7, 11) is 0. The minimum atomic E-state index is -0.293. The number of benzene rings is 1. The number of aromatic nitrogens is 3. The van der Waals surface area contributed by atoms with Gasteiger partial charge in [0.1, 0.15) is 23.4 Å². The van der Waals surface area contributed by atoms with Crippen LogP contribution in [-0.4, -0.2) is 25.9 Å². The lowest BCUT2D eigenvalue weighted by molar-refractivity contribution is 0.00906. The molecule has 2 N–H and O–H groups in total. The van der Waals surface area contributed by atoms with Crippen LogP contribution in [0.1, 0.15) is 96.0 Å². The van der Waals surface area contributed by atoms with Gasteiger partial charge in [0.15, 0.2) is 5.82 Å². The Bertz CT molecular complexity index is 928. The first-order chi connectivity index (χ1) is 14.2. The summed E-state index contributed by atoms with van der Waals surface area (Å²) in [5.74, 6) is 2.55. The molecule has 2 aliphatic rings. The summed E-state index contributed by atoms with van der Waals surface area (Å²) < 4.78 is 6.53. The van der Waals surface area contributed by atoms with Crippen molar-refractivity contribution in [3.63, 3.8) is 0 Å². The van der Waals surface area contributed by atoms with E-state index in [0.717, 1.165) is 42.0 Å². The Morgan fingerprint density at radius 3 is 2.77 bits per heavy atom. The number of phenolic OH excluding ortho intramolecular Hbond substituents is 1. The summed E-state index contributed by atoms with van der Waals surface area (Å²) in [6.45, 7) is 11.1. The third-order valence-corrected chi connectivity index (χ3v) is 7.21. The van der Waals surface area contributed by atoms with Crippen LogP contribution < -0.4 is 4.74 Å². The zero-order valence-electron chi connectivity index (χ0n) is 19.0. The highest BCUT2D eigenvalue weighted by Gasteiger charge is 2.46. The number of nitrogens with zero attached hydrogens (tertiary/aromatic N) is 2. The van der Waals surface area contributed by atoms with Gasteiger partial charge in [-0.3, -0.25) is 5.10 Å². The number of hydrogen-bond donors (Lipinski definition) is 2. The smallest absolute Gasteiger partial charge is 0.151 e. The first kappa shape index (κ1) is 21.0. The lowest BCUT2D eigenvalue weighted by Gasteiger charge is -2.47. The van der Waals surface area contributed by atoms with E-state index in [1.54, 1.807) is 6.33 Å². The largest absolute Gasteiger partial charge is 0.508 e. The fourth-order valence-corrected chi connectivity index (χ4v) is 5.30. The maximum absolute atomic E-state index is 11.2. The summed E-state index contributed by atoms with van der Waals surface area (Å²) >= 11 is 0. The van der Waals surface area contributed by atoms with Gasteiger partial charge in [0.05, 0.1) is 0 Å². The SMILES string of the molecule is CCCCCC(C)(C)c1cc(O)c2c(c1)OC(C)(C)C1CC=C(c3ncn[nH]3)CC21. The lowest BCUT2D eigenvalue weighted by Crippen LogP contribution is -2.45. The molecule has 0 amide bonds. The Hall–Kier alpha value is -2.30. The monoisotopic (exact) mass is 409 g/mol. The van der Waals surface area contributed by atoms with Gasteiger partial charge >= 0.3 is 0 Å². The summed E-state index contributed by atoms with van der Waals surface area (Å²) in [4.78, 5) is 4.35. The summed E-state index contributed by atoms with van der Waals surface area (Å²) in [5, 5.41) is 18.2. The molecule has 1 aromatic heterocycles. The van der Waals surface area contributed by atoms with Gasteiger partial charge in [-0.05, 0) is 61.8 Å². The van der Waals surface area contributed by atoms with Gasteiger partial charge in [-0.2, -0.15) is 5.10 Å². The van der Waals surface area contributed by atoms with Crippen molar-refractivity contribution < 1.29 is 9.84 Å². The molecule has 30 heavy (non-hydrogen) atoms. The van der Waals surface area contributed by atoms with Crippen molar-refractivity contribution in [2.24, 2.45) is 5.92 Å². The topological polar surface area (TPSA) is 71.0 Å². The Labute approximate surface area is 180 Å². The molecule has 0 saturated carbocycles. The van der Waals surface area contributed by atoms with Crippen LogP contribution in [-0.2, 0) is 5.41 Å². The predicted molar refractivity (Wildman–Crippen MR) is 120 cm³/mol. The summed E-state index contributed by atoms with van der Waals surface area (Å²) in [6.07, 6.45) is 10.3. The third-order valence-electron chi connectivity index (χ3n) is 7.21. The molecule has 0 spiro atoms. The van der Waals surface area contributed by atoms with Crippen molar-refractivity contribution in [2.75, 3.05) is 0 Å². The van der Waals surface area contributed by atoms with Crippen LogP contribution in [0.25, 0.3) is 5.57 Å². The van der Waals surface area contributed by atoms with Crippen LogP contribution in [0.2, 0.25) is 0 Å². The molecule has 2 atom stereocenters. The Kier molecular flexibility index (Phi) is 5.41. The molecular weight excluding hydrogens is 374 g/mol. The van der Waals surface area contributed by atoms with Gasteiger partial charge in [-0.25, -0.2) is 4.98 Å². The van der Waals surface area contributed by atoms with E-state index in [1.807, 2.05) is 6.07 Å². The molecule has 0 radical (unpaired) electrons. The molecule has 5 nitrogen and oxygen atoms in total. The molecule has 0 bridgehead atoms. The summed E-state index contributed by atoms with van der Waals surface area (Å²) in [6, 6.07) is 4.17. The number of phenols is 1. The van der Waals surface area contributed by atoms with E-state index in [9.17, 15) is 5.11 Å². The van der Waals surface area contributed by atoms with Crippen molar-refractivity contribution in [2.45, 2.75) is 90.1 Å². The molecule has 1 aromatic carbocycles. The number of ether oxygens (including phenoxy) is 1. The van der Waals surface area contributed by atoms with E-state index in [-0.39, 0.29) is 16.9 Å². The number of aromatic amines is 1. The molecule has 0 saturated heterocycles. The number of aromatic hydroxyl groups is 1. The quantitative estimate of drug-likeness (QED) is 0.564. The fraction of sp³-hybridized carbons (Fsp3) is 0.600. The van der Waals surface area contributed by atoms with E-state index >= 15 is 0 Å². The van der Waals surface area contributed by atoms with Gasteiger partial charge in [0.25, 0.3) is 0 Å². The van der Waals surface area contributed by atoms with Crippen LogP contribution in [0.3, 0.4) is 0 Å². The van der Waals surface area contributed by atoms with Gasteiger partial charge in [0.2, 0.25) is 0 Å². The van der Waals surface area contributed by atoms with Crippen LogP contribution in [0.15, 0.2) is 24.5 Å². The molecular formula is C25H35N3O2. The van der Waals surface area contributed by atoms with Crippen molar-refractivity contribution in [3.05, 3.63) is 41.5 Å². The van der Waals surface area contributed by atoms with E-state index in [0.29, 0.717) is 11.7 Å². The van der Waals surface area contributed by atoms with Crippen molar-refractivity contribution in [1.29, 1.82) is 0 Å². The first-order valence-electron chi connectivity index (χ1n) is 11.3. The van der Waals surface area contributed by atoms with Crippen LogP contribution >= 0.6 is 0 Å². The highest BCUT2D eigenvalue weighted by molar-refractivity contribution is 5.64. The van der Waals surface area contributed by atoms with E-state index in [1.165, 1.54) is 24.8 Å². The normalized spacial score (nSPS) is 22.6. The lowest BCUT2D eigenvalue weighted by atomic mass is 9.66. The second-order valence-electron chi connectivity index (χ2n) is 10.2. The van der Waals surface area contributed by atoms with E-state index < -0.39 is 0 Å². The standard InChI is InChI=1S/C25H35N3O2/c1-6-7-8-11-24(2,3)17-13-20(29)22-18-12-16(23-26-15-27-28-23)9-10-19(18)25(4,5)30-21(22)14-17/h9,13-15,18-19,29H,6-8,10-12H2,1-5H3,(H,26,27,28). The second kappa shape index (κ2) is 7.75. The molecule has 2 aromatic rings. The van der Waals surface area contributed by atoms with E-state index in [2.05, 4.69) is 61.9 Å². The minimum Gasteiger partial charge on any atom is -0.508 e. The number of allylic oxidation sites excluding steroid dienone is 2. The molecule has 162 valence electrons. The van der Waals surface area contributed by atoms with Crippen LogP contribution in [0.4, 0.5) is 0 Å². The Morgan fingerprint density at radius 2 is 2.07 bits per heavy atom. The maximum Gasteiger partial charge on any atom is 0.151 e. The zero-order chi connectivity index (χ0) is 21.5. The Morgan fingerprint density at radius 1 is 1.27 bits per heavy atom. The number of hydrogen-bond acceptors (Lipinski definition) is 4. The van der Waals surface area contributed by atoms with Gasteiger partial charge in [0, 0.05) is 17.4 Å². The zero-order valence-corrected chi connectivity index (χ0v) is 19.0. The average molecular weight is 410 g/mol. The second-order valence-corrected chi connectivity index (χ2v) is 10.2. The third kappa shape index (κ3) is 3.75. The Balaban J connectivity index is 1.71. The molecule has 1 aliphatic carbocycles. The highest BCUT2D eigenvalue weighted by atomic mass is 16.5. The minimum absolute atomic E-state index is 0.00347. The highest BCUT2D eigenvalue weighted by Crippen LogP contribution is 2.55. The van der Waals surface area contributed by atoms with Gasteiger partial charge in [-0.15, -0.1) is 0 Å². The van der Waals surface area contributed by atoms with Gasteiger partial charge < -0.3 is 9.84 Å². The average Bonchev–Trinajstić information content (AvgIpc) is 3.21. The van der Waals surface area contributed by atoms with Crippen molar-refractivity contribution in [3.8, 4) is 11.5 Å². The number of H-pyrrole nitrogens is 1. The number of fused-ring (bicyclic) bond motifs is 3. The van der Waals surface area contributed by atoms with Crippen LogP contribution in [0, 0.1) is 5.92 Å². The summed E-state index contributed by atoms with van der Waals surface area (Å²) in [5.41, 5.74) is 2.99. The van der Waals surface area contributed by atoms with Crippen molar-refractivity contribution >= 4 is 5.57 Å². The first-order valence-corrected chi connectivity index (χ1v) is 11.3. The van der Waals surface area contributed by atoms with E-state index in [4.69, 9.17) is 4.74 Å². The molecule has 5 heteroatoms. The number of unbranched alkanes of at least 4 members (excludes halogenated alkanes) is 2. The molecule has 4 rings (SSSR count). The molecule has 2 unspecified atom stereocenters. The van der Waals surface area contributed by atoms with Gasteiger partial charge in [-0.1, -0.05) is 46.1 Å². The molecule has 1 aliphatic heterocycles. The van der Waals surface area contributed by atoms with Crippen molar-refractivity contribution in [1.82, 2.24) is 15.2 Å².